The van der Waals surface area contributed by atoms with E-state index in [-0.39, 0.29) is 17.7 Å². The molecule has 0 aliphatic carbocycles. The van der Waals surface area contributed by atoms with Crippen molar-refractivity contribution in [1.82, 2.24) is 20.4 Å². The topological polar surface area (TPSA) is 75.2 Å². The third-order valence-electron chi connectivity index (χ3n) is 1.82. The Morgan fingerprint density at radius 1 is 1.73 bits per heavy atom. The summed E-state index contributed by atoms with van der Waals surface area (Å²) in [6.07, 6.45) is 0. The van der Waals surface area contributed by atoms with E-state index in [9.17, 15) is 9.59 Å². The number of carbonyl (C=O) groups excluding carboxylic acids is 2. The molecule has 80 valence electrons. The molecule has 1 aromatic heterocycles. The molecule has 0 spiro atoms. The van der Waals surface area contributed by atoms with Gasteiger partial charge in [-0.3, -0.25) is 9.69 Å². The minimum absolute atomic E-state index is 0.190. The Kier molecular flexibility index (Phi) is 3.17. The standard InChI is InChI=1S/C7H8N4O2S2/c12-5(11-2-1-8-6(11)13)3-14-7-10-9-4-15-7/h4H,1-3H2,(H,8,13). The average Bonchev–Trinajstić information content (AvgIpc) is 2.84. The van der Waals surface area contributed by atoms with Gasteiger partial charge < -0.3 is 5.32 Å². The van der Waals surface area contributed by atoms with Crippen molar-refractivity contribution in [2.75, 3.05) is 18.8 Å². The molecule has 0 aromatic carbocycles. The third-order valence-corrected chi connectivity index (χ3v) is 3.66. The van der Waals surface area contributed by atoms with Gasteiger partial charge in [0.2, 0.25) is 5.91 Å². The molecule has 1 fully saturated rings. The van der Waals surface area contributed by atoms with Crippen LogP contribution in [0.1, 0.15) is 0 Å². The molecule has 6 nitrogen and oxygen atoms in total. The van der Waals surface area contributed by atoms with E-state index in [0.717, 1.165) is 4.34 Å². The molecular weight excluding hydrogens is 236 g/mol. The lowest BCUT2D eigenvalue weighted by Crippen LogP contribution is -2.35. The third kappa shape index (κ3) is 2.45. The Labute approximate surface area is 94.1 Å². The fourth-order valence-corrected chi connectivity index (χ4v) is 2.50. The van der Waals surface area contributed by atoms with Crippen molar-refractivity contribution in [2.24, 2.45) is 0 Å². The molecule has 1 N–H and O–H groups in total. The molecule has 0 bridgehead atoms. The van der Waals surface area contributed by atoms with E-state index in [4.69, 9.17) is 0 Å². The zero-order valence-corrected chi connectivity index (χ0v) is 9.31. The van der Waals surface area contributed by atoms with Crippen LogP contribution < -0.4 is 5.32 Å². The summed E-state index contributed by atoms with van der Waals surface area (Å²) in [6.45, 7) is 0.988. The van der Waals surface area contributed by atoms with Gasteiger partial charge in [-0.2, -0.15) is 0 Å². The van der Waals surface area contributed by atoms with Gasteiger partial charge in [0, 0.05) is 13.1 Å². The van der Waals surface area contributed by atoms with Crippen LogP contribution in [0.2, 0.25) is 0 Å². The highest BCUT2D eigenvalue weighted by Gasteiger charge is 2.25. The summed E-state index contributed by atoms with van der Waals surface area (Å²) in [4.78, 5) is 23.9. The smallest absolute Gasteiger partial charge is 0.324 e. The average molecular weight is 244 g/mol. The second-order valence-electron chi connectivity index (χ2n) is 2.77. The number of nitrogens with one attached hydrogen (secondary N) is 1. The second-order valence-corrected chi connectivity index (χ2v) is 4.83. The Bertz CT molecular complexity index is 367. The van der Waals surface area contributed by atoms with Crippen LogP contribution in [0.25, 0.3) is 0 Å². The summed E-state index contributed by atoms with van der Waals surface area (Å²) in [5.74, 6) is 0.0352. The number of imide groups is 1. The Morgan fingerprint density at radius 2 is 2.60 bits per heavy atom. The van der Waals surface area contributed by atoms with Gasteiger partial charge in [0.05, 0.1) is 5.75 Å². The van der Waals surface area contributed by atoms with Crippen molar-refractivity contribution in [3.63, 3.8) is 0 Å². The maximum Gasteiger partial charge on any atom is 0.324 e. The highest BCUT2D eigenvalue weighted by Crippen LogP contribution is 2.19. The molecule has 0 radical (unpaired) electrons. The largest absolute Gasteiger partial charge is 0.336 e. The van der Waals surface area contributed by atoms with Gasteiger partial charge >= 0.3 is 6.03 Å². The summed E-state index contributed by atoms with van der Waals surface area (Å²) in [5.41, 5.74) is 1.61. The number of thioether (sulfide) groups is 1. The Balaban J connectivity index is 1.84. The summed E-state index contributed by atoms with van der Waals surface area (Å²) >= 11 is 2.68. The van der Waals surface area contributed by atoms with Crippen molar-refractivity contribution in [2.45, 2.75) is 4.34 Å². The first-order valence-corrected chi connectivity index (χ1v) is 6.11. The lowest BCUT2D eigenvalue weighted by atomic mass is 10.5. The van der Waals surface area contributed by atoms with Crippen molar-refractivity contribution in [3.8, 4) is 0 Å². The van der Waals surface area contributed by atoms with E-state index < -0.39 is 0 Å². The molecule has 0 unspecified atom stereocenters. The molecule has 2 heterocycles. The number of urea groups is 1. The van der Waals surface area contributed by atoms with Crippen LogP contribution in [0.15, 0.2) is 9.85 Å². The van der Waals surface area contributed by atoms with Crippen molar-refractivity contribution < 1.29 is 9.59 Å². The summed E-state index contributed by atoms with van der Waals surface area (Å²) in [5, 5.41) is 10.0. The lowest BCUT2D eigenvalue weighted by Gasteiger charge is -2.10. The second kappa shape index (κ2) is 4.58. The van der Waals surface area contributed by atoms with Gasteiger partial charge in [0.25, 0.3) is 0 Å². The fourth-order valence-electron chi connectivity index (χ4n) is 1.14. The number of amides is 3. The Hall–Kier alpha value is -1.15. The zero-order valence-electron chi connectivity index (χ0n) is 7.67. The van der Waals surface area contributed by atoms with Gasteiger partial charge in [-0.25, -0.2) is 4.79 Å². The molecule has 2 rings (SSSR count). The molecule has 1 aromatic rings. The molecule has 8 heteroatoms. The van der Waals surface area contributed by atoms with Crippen LogP contribution in [-0.2, 0) is 4.79 Å². The first kappa shape index (κ1) is 10.4. The number of carbonyl (C=O) groups is 2. The van der Waals surface area contributed by atoms with E-state index in [1.54, 1.807) is 5.51 Å². The van der Waals surface area contributed by atoms with Crippen molar-refractivity contribution >= 4 is 35.0 Å². The van der Waals surface area contributed by atoms with Gasteiger partial charge in [0.1, 0.15) is 5.51 Å². The van der Waals surface area contributed by atoms with E-state index in [1.807, 2.05) is 0 Å². The molecule has 0 saturated carbocycles. The minimum atomic E-state index is -0.308. The first-order valence-electron chi connectivity index (χ1n) is 4.24. The van der Waals surface area contributed by atoms with E-state index in [2.05, 4.69) is 15.5 Å². The maximum atomic E-state index is 11.6. The molecule has 1 aliphatic rings. The molecule has 15 heavy (non-hydrogen) atoms. The van der Waals surface area contributed by atoms with Gasteiger partial charge in [-0.1, -0.05) is 23.1 Å². The van der Waals surface area contributed by atoms with Gasteiger partial charge in [0.15, 0.2) is 4.34 Å². The molecule has 0 atom stereocenters. The van der Waals surface area contributed by atoms with Gasteiger partial charge in [-0.05, 0) is 0 Å². The van der Waals surface area contributed by atoms with Crippen LogP contribution in [0.5, 0.6) is 0 Å². The minimum Gasteiger partial charge on any atom is -0.336 e. The van der Waals surface area contributed by atoms with E-state index in [0.29, 0.717) is 13.1 Å². The lowest BCUT2D eigenvalue weighted by molar-refractivity contribution is -0.124. The quantitative estimate of drug-likeness (QED) is 0.768. The van der Waals surface area contributed by atoms with Crippen LogP contribution in [0.3, 0.4) is 0 Å². The van der Waals surface area contributed by atoms with Crippen LogP contribution in [0, 0.1) is 0 Å². The van der Waals surface area contributed by atoms with Crippen LogP contribution in [0.4, 0.5) is 4.79 Å². The van der Waals surface area contributed by atoms with E-state index in [1.165, 1.54) is 28.0 Å². The Morgan fingerprint density at radius 3 is 3.20 bits per heavy atom. The predicted molar refractivity (Wildman–Crippen MR) is 55.7 cm³/mol. The highest BCUT2D eigenvalue weighted by molar-refractivity contribution is 8.01. The number of nitrogens with zero attached hydrogens (tertiary/aromatic N) is 3. The zero-order chi connectivity index (χ0) is 10.7. The predicted octanol–water partition coefficient (Wildman–Crippen LogP) is 0.182. The first-order chi connectivity index (χ1) is 7.27. The highest BCUT2D eigenvalue weighted by atomic mass is 32.2. The molecule has 3 amide bonds. The number of hydrogen-bond donors (Lipinski definition) is 1. The number of rotatable bonds is 3. The number of hydrogen-bond acceptors (Lipinski definition) is 6. The van der Waals surface area contributed by atoms with Crippen LogP contribution >= 0.6 is 23.1 Å². The molecular formula is C7H8N4O2S2. The van der Waals surface area contributed by atoms with Crippen molar-refractivity contribution in [1.29, 1.82) is 0 Å². The summed E-state index contributed by atoms with van der Waals surface area (Å²) in [6, 6.07) is -0.308. The SMILES string of the molecule is O=C(CSc1nncs1)N1CCNC1=O. The maximum absolute atomic E-state index is 11.6. The normalized spacial score (nSPS) is 15.5. The molecule has 1 saturated heterocycles. The monoisotopic (exact) mass is 244 g/mol. The van der Waals surface area contributed by atoms with E-state index >= 15 is 0 Å². The summed E-state index contributed by atoms with van der Waals surface area (Å²) in [7, 11) is 0. The van der Waals surface area contributed by atoms with Crippen molar-refractivity contribution in [3.05, 3.63) is 5.51 Å². The van der Waals surface area contributed by atoms with Gasteiger partial charge in [-0.15, -0.1) is 10.2 Å². The number of aromatic nitrogens is 2. The fraction of sp³-hybridized carbons (Fsp3) is 0.429. The summed E-state index contributed by atoms with van der Waals surface area (Å²) < 4.78 is 0.739. The van der Waals surface area contributed by atoms with Crippen LogP contribution in [-0.4, -0.2) is 45.9 Å². The molecule has 1 aliphatic heterocycles.